The number of nitrogens with zero attached hydrogens (tertiary/aromatic N) is 1. The molecule has 1 rings (SSSR count). The van der Waals surface area contributed by atoms with Crippen LogP contribution in [0.3, 0.4) is 0 Å². The molecule has 0 bridgehead atoms. The van der Waals surface area contributed by atoms with Crippen LogP contribution >= 0.6 is 8.03 Å². The Hall–Kier alpha value is 0.210. The van der Waals surface area contributed by atoms with Crippen molar-refractivity contribution < 1.29 is 39.0 Å². The Labute approximate surface area is 94.4 Å². The van der Waals surface area contributed by atoms with Crippen molar-refractivity contribution in [3.63, 3.8) is 0 Å². The number of hydrogen-bond donors (Lipinski definition) is 0. The summed E-state index contributed by atoms with van der Waals surface area (Å²) in [6, 6.07) is 5.47. The Morgan fingerprint density at radius 1 is 1.50 bits per heavy atom. The standard InChI is InChI=1S/C7H8NO2P.Na/c9-11(10)6-4-7-3-1-2-5-8-7;/h1-3,5H,4,6H2;/q;+1. The van der Waals surface area contributed by atoms with E-state index in [-0.39, 0.29) is 35.7 Å². The van der Waals surface area contributed by atoms with Crippen LogP contribution in [-0.2, 0) is 11.0 Å². The van der Waals surface area contributed by atoms with Crippen LogP contribution in [-0.4, -0.2) is 11.1 Å². The van der Waals surface area contributed by atoms with Crippen LogP contribution in [0.5, 0.6) is 0 Å². The molecule has 0 aliphatic carbocycles. The molecule has 0 fully saturated rings. The number of rotatable bonds is 3. The molecule has 0 radical (unpaired) electrons. The fourth-order valence-electron chi connectivity index (χ4n) is 0.752. The summed E-state index contributed by atoms with van der Waals surface area (Å²) in [4.78, 5) is 14.2. The third kappa shape index (κ3) is 4.96. The number of aromatic nitrogens is 1. The van der Waals surface area contributed by atoms with Gasteiger partial charge in [-0.25, -0.2) is 0 Å². The minimum Gasteiger partial charge on any atom is -0.596 e. The number of hydrogen-bond acceptors (Lipinski definition) is 3. The van der Waals surface area contributed by atoms with Crippen LogP contribution < -0.4 is 34.5 Å². The van der Waals surface area contributed by atoms with Crippen molar-refractivity contribution in [2.24, 2.45) is 0 Å². The molecule has 0 aromatic carbocycles. The average molecular weight is 192 g/mol. The first-order valence-electron chi connectivity index (χ1n) is 3.31. The normalized spacial score (nSPS) is 10.2. The zero-order chi connectivity index (χ0) is 8.10. The van der Waals surface area contributed by atoms with Gasteiger partial charge < -0.3 is 4.89 Å². The first-order chi connectivity index (χ1) is 5.29. The Morgan fingerprint density at radius 3 is 2.75 bits per heavy atom. The second kappa shape index (κ2) is 6.70. The van der Waals surface area contributed by atoms with Crippen LogP contribution in [0.2, 0.25) is 0 Å². The van der Waals surface area contributed by atoms with E-state index in [1.807, 2.05) is 12.1 Å². The molecule has 12 heavy (non-hydrogen) atoms. The molecule has 3 nitrogen and oxygen atoms in total. The summed E-state index contributed by atoms with van der Waals surface area (Å²) >= 11 is 0. The van der Waals surface area contributed by atoms with Crippen molar-refractivity contribution in [1.29, 1.82) is 0 Å². The molecule has 1 unspecified atom stereocenters. The molecule has 5 heteroatoms. The monoisotopic (exact) mass is 192 g/mol. The first kappa shape index (κ1) is 12.2. The van der Waals surface area contributed by atoms with Crippen LogP contribution in [0.4, 0.5) is 0 Å². The van der Waals surface area contributed by atoms with Gasteiger partial charge >= 0.3 is 37.6 Å². The maximum Gasteiger partial charge on any atom is 1.00 e. The molecule has 0 saturated heterocycles. The van der Waals surface area contributed by atoms with Crippen LogP contribution in [0.1, 0.15) is 5.69 Å². The van der Waals surface area contributed by atoms with Crippen LogP contribution in [0.15, 0.2) is 24.4 Å². The van der Waals surface area contributed by atoms with E-state index >= 15 is 0 Å². The largest absolute Gasteiger partial charge is 1.00 e. The van der Waals surface area contributed by atoms with Crippen molar-refractivity contribution in [1.82, 2.24) is 4.98 Å². The van der Waals surface area contributed by atoms with Gasteiger partial charge in [-0.3, -0.25) is 4.98 Å². The van der Waals surface area contributed by atoms with E-state index in [0.717, 1.165) is 5.69 Å². The quantitative estimate of drug-likeness (QED) is 0.401. The van der Waals surface area contributed by atoms with Gasteiger partial charge in [0.1, 0.15) is 6.16 Å². The average Bonchev–Trinajstić information content (AvgIpc) is 2.03. The Morgan fingerprint density at radius 2 is 2.25 bits per heavy atom. The van der Waals surface area contributed by atoms with E-state index in [0.29, 0.717) is 6.42 Å². The summed E-state index contributed by atoms with van der Waals surface area (Å²) in [7, 11) is -2.26. The molecule has 0 saturated carbocycles. The first-order valence-corrected chi connectivity index (χ1v) is 4.67. The van der Waals surface area contributed by atoms with Crippen molar-refractivity contribution in [3.8, 4) is 0 Å². The van der Waals surface area contributed by atoms with E-state index in [9.17, 15) is 9.46 Å². The zero-order valence-corrected chi connectivity index (χ0v) is 9.83. The van der Waals surface area contributed by atoms with Crippen molar-refractivity contribution in [2.75, 3.05) is 6.16 Å². The van der Waals surface area contributed by atoms with Gasteiger partial charge in [-0.2, -0.15) is 0 Å². The van der Waals surface area contributed by atoms with Crippen LogP contribution in [0.25, 0.3) is 0 Å². The maximum atomic E-state index is 10.2. The van der Waals surface area contributed by atoms with Gasteiger partial charge in [0, 0.05) is 18.3 Å². The van der Waals surface area contributed by atoms with E-state index in [4.69, 9.17) is 0 Å². The molecule has 0 N–H and O–H groups in total. The summed E-state index contributed by atoms with van der Waals surface area (Å²) in [5, 5.41) is 0. The summed E-state index contributed by atoms with van der Waals surface area (Å²) in [6.07, 6.45) is 2.36. The van der Waals surface area contributed by atoms with Crippen molar-refractivity contribution in [2.45, 2.75) is 6.42 Å². The molecular weight excluding hydrogens is 184 g/mol. The van der Waals surface area contributed by atoms with Gasteiger partial charge in [0.25, 0.3) is 0 Å². The second-order valence-corrected chi connectivity index (χ2v) is 3.24. The van der Waals surface area contributed by atoms with Gasteiger partial charge in [-0.05, 0) is 12.1 Å². The third-order valence-electron chi connectivity index (χ3n) is 1.28. The molecular formula is C7H8NNaO2P+. The van der Waals surface area contributed by atoms with Crippen LogP contribution in [0, 0.1) is 0 Å². The Balaban J connectivity index is 0.00000121. The minimum absolute atomic E-state index is 0. The number of aryl methyl sites for hydroxylation is 1. The molecule has 1 heterocycles. The van der Waals surface area contributed by atoms with E-state index in [2.05, 4.69) is 4.98 Å². The van der Waals surface area contributed by atoms with E-state index in [1.54, 1.807) is 12.3 Å². The molecule has 58 valence electrons. The van der Waals surface area contributed by atoms with Gasteiger partial charge in [0.2, 0.25) is 0 Å². The van der Waals surface area contributed by atoms with Crippen molar-refractivity contribution in [3.05, 3.63) is 30.1 Å². The predicted octanol–water partition coefficient (Wildman–Crippen LogP) is -2.27. The zero-order valence-electron chi connectivity index (χ0n) is 6.93. The topological polar surface area (TPSA) is 53.0 Å². The molecule has 0 amide bonds. The molecule has 1 aromatic heterocycles. The van der Waals surface area contributed by atoms with E-state index in [1.165, 1.54) is 0 Å². The summed E-state index contributed by atoms with van der Waals surface area (Å²) < 4.78 is 10.2. The fraction of sp³-hybridized carbons (Fsp3) is 0.286. The van der Waals surface area contributed by atoms with E-state index < -0.39 is 8.03 Å². The smallest absolute Gasteiger partial charge is 0.596 e. The third-order valence-corrected chi connectivity index (χ3v) is 1.87. The second-order valence-electron chi connectivity index (χ2n) is 2.13. The summed E-state index contributed by atoms with van der Waals surface area (Å²) in [5.41, 5.74) is 0.826. The van der Waals surface area contributed by atoms with Crippen molar-refractivity contribution >= 4 is 8.03 Å². The van der Waals surface area contributed by atoms with Gasteiger partial charge in [0.05, 0.1) is 0 Å². The van der Waals surface area contributed by atoms with Gasteiger partial charge in [0.15, 0.2) is 0 Å². The summed E-state index contributed by atoms with van der Waals surface area (Å²) in [5.74, 6) is 0. The molecule has 0 aliphatic rings. The van der Waals surface area contributed by atoms with Gasteiger partial charge in [-0.15, -0.1) is 0 Å². The minimum atomic E-state index is -2.26. The Kier molecular flexibility index (Phi) is 6.81. The molecule has 1 aromatic rings. The SMILES string of the molecule is O=[P+]([O-])CCc1ccccn1.[Na+]. The predicted molar refractivity (Wildman–Crippen MR) is 40.4 cm³/mol. The molecule has 0 spiro atoms. The molecule has 0 aliphatic heterocycles. The Bertz CT molecular complexity index is 242. The van der Waals surface area contributed by atoms with Gasteiger partial charge in [-0.1, -0.05) is 10.6 Å². The fourth-order valence-corrected chi connectivity index (χ4v) is 1.16. The maximum absolute atomic E-state index is 10.2. The molecule has 1 atom stereocenters. The number of pyridine rings is 1. The summed E-state index contributed by atoms with van der Waals surface area (Å²) in [6.45, 7) is 0.